The highest BCUT2D eigenvalue weighted by molar-refractivity contribution is 5.32. The van der Waals surface area contributed by atoms with E-state index in [4.69, 9.17) is 0 Å². The van der Waals surface area contributed by atoms with Crippen molar-refractivity contribution in [1.29, 1.82) is 0 Å². The van der Waals surface area contributed by atoms with E-state index in [-0.39, 0.29) is 5.56 Å². The van der Waals surface area contributed by atoms with Crippen LogP contribution >= 0.6 is 0 Å². The average Bonchev–Trinajstić information content (AvgIpc) is 3.24. The molecule has 1 unspecified atom stereocenters. The number of anilines is 1. The normalized spacial score (nSPS) is 20.7. The average molecular weight is 247 g/mol. The Morgan fingerprint density at radius 2 is 2.22 bits per heavy atom. The van der Waals surface area contributed by atoms with Gasteiger partial charge >= 0.3 is 0 Å². The molecule has 1 N–H and O–H groups in total. The molecule has 1 aromatic heterocycles. The molecular formula is C14H21N3O. The number of nitrogens with zero attached hydrogens (tertiary/aromatic N) is 2. The molecule has 0 amide bonds. The van der Waals surface area contributed by atoms with E-state index >= 15 is 0 Å². The highest BCUT2D eigenvalue weighted by Crippen LogP contribution is 2.35. The van der Waals surface area contributed by atoms with E-state index in [1.807, 2.05) is 10.8 Å². The summed E-state index contributed by atoms with van der Waals surface area (Å²) in [4.78, 5) is 16.5. The van der Waals surface area contributed by atoms with E-state index in [2.05, 4.69) is 17.2 Å². The third-order valence-electron chi connectivity index (χ3n) is 3.96. The maximum Gasteiger partial charge on any atom is 0.293 e. The number of hydrogen-bond acceptors (Lipinski definition) is 3. The monoisotopic (exact) mass is 247 g/mol. The van der Waals surface area contributed by atoms with Crippen molar-refractivity contribution in [3.8, 4) is 0 Å². The Morgan fingerprint density at radius 1 is 1.44 bits per heavy atom. The number of rotatable bonds is 6. The van der Waals surface area contributed by atoms with Gasteiger partial charge in [-0.1, -0.05) is 19.8 Å². The summed E-state index contributed by atoms with van der Waals surface area (Å²) in [5.74, 6) is 1.41. The fraction of sp³-hybridized carbons (Fsp3) is 0.714. The highest BCUT2D eigenvalue weighted by Gasteiger charge is 2.27. The fourth-order valence-corrected chi connectivity index (χ4v) is 2.44. The first-order valence-electron chi connectivity index (χ1n) is 7.11. The lowest BCUT2D eigenvalue weighted by atomic mass is 10.1. The van der Waals surface area contributed by atoms with Crippen LogP contribution < -0.4 is 10.9 Å². The number of hydrogen-bond donors (Lipinski definition) is 1. The lowest BCUT2D eigenvalue weighted by Gasteiger charge is -2.17. The van der Waals surface area contributed by atoms with Crippen LogP contribution in [-0.2, 0) is 0 Å². The van der Waals surface area contributed by atoms with E-state index in [0.717, 1.165) is 25.2 Å². The smallest absolute Gasteiger partial charge is 0.293 e. The largest absolute Gasteiger partial charge is 0.363 e. The second-order valence-electron chi connectivity index (χ2n) is 5.65. The molecule has 4 heteroatoms. The summed E-state index contributed by atoms with van der Waals surface area (Å²) in [6.45, 7) is 2.17. The van der Waals surface area contributed by atoms with Gasteiger partial charge in [0.2, 0.25) is 0 Å². The van der Waals surface area contributed by atoms with Crippen molar-refractivity contribution in [1.82, 2.24) is 9.55 Å². The van der Waals surface area contributed by atoms with Gasteiger partial charge in [-0.3, -0.25) is 4.79 Å². The summed E-state index contributed by atoms with van der Waals surface area (Å²) in [6, 6.07) is 0.817. The van der Waals surface area contributed by atoms with Gasteiger partial charge in [0.25, 0.3) is 5.56 Å². The van der Waals surface area contributed by atoms with Gasteiger partial charge in [0.05, 0.1) is 0 Å². The molecule has 0 aromatic carbocycles. The third kappa shape index (κ3) is 2.57. The van der Waals surface area contributed by atoms with Crippen LogP contribution in [0.5, 0.6) is 0 Å². The van der Waals surface area contributed by atoms with E-state index in [1.54, 1.807) is 6.20 Å². The van der Waals surface area contributed by atoms with Crippen LogP contribution in [0.2, 0.25) is 0 Å². The van der Waals surface area contributed by atoms with Crippen LogP contribution in [0.25, 0.3) is 0 Å². The zero-order valence-corrected chi connectivity index (χ0v) is 10.9. The van der Waals surface area contributed by atoms with Gasteiger partial charge in [0.15, 0.2) is 5.82 Å². The van der Waals surface area contributed by atoms with Crippen molar-refractivity contribution >= 4 is 5.82 Å². The molecule has 4 nitrogen and oxygen atoms in total. The zero-order chi connectivity index (χ0) is 12.5. The summed E-state index contributed by atoms with van der Waals surface area (Å²) in [5, 5.41) is 3.35. The zero-order valence-electron chi connectivity index (χ0n) is 10.9. The molecule has 98 valence electrons. The maximum atomic E-state index is 12.2. The molecule has 1 aromatic rings. The fourth-order valence-electron chi connectivity index (χ4n) is 2.44. The van der Waals surface area contributed by atoms with Gasteiger partial charge < -0.3 is 9.88 Å². The molecule has 0 radical (unpaired) electrons. The minimum Gasteiger partial charge on any atom is -0.363 e. The minimum atomic E-state index is 0.0502. The van der Waals surface area contributed by atoms with Gasteiger partial charge in [-0.05, 0) is 31.6 Å². The van der Waals surface area contributed by atoms with Gasteiger partial charge in [-0.15, -0.1) is 0 Å². The van der Waals surface area contributed by atoms with Gasteiger partial charge in [0, 0.05) is 24.5 Å². The SMILES string of the molecule is CCC(CC1CC1)Nc1nccn(C2CC2)c1=O. The molecule has 1 heterocycles. The van der Waals surface area contributed by atoms with Crippen molar-refractivity contribution in [3.63, 3.8) is 0 Å². The first kappa shape index (κ1) is 11.8. The van der Waals surface area contributed by atoms with E-state index in [0.29, 0.717) is 17.9 Å². The van der Waals surface area contributed by atoms with E-state index in [1.165, 1.54) is 19.3 Å². The van der Waals surface area contributed by atoms with Crippen molar-refractivity contribution in [2.45, 2.75) is 57.5 Å². The van der Waals surface area contributed by atoms with Gasteiger partial charge in [0.1, 0.15) is 0 Å². The first-order valence-corrected chi connectivity index (χ1v) is 7.11. The topological polar surface area (TPSA) is 46.9 Å². The van der Waals surface area contributed by atoms with Crippen molar-refractivity contribution < 1.29 is 0 Å². The minimum absolute atomic E-state index is 0.0502. The summed E-state index contributed by atoms with van der Waals surface area (Å²) < 4.78 is 1.83. The Balaban J connectivity index is 1.74. The van der Waals surface area contributed by atoms with E-state index in [9.17, 15) is 4.79 Å². The molecule has 2 fully saturated rings. The number of aromatic nitrogens is 2. The summed E-state index contributed by atoms with van der Waals surface area (Å²) in [6.07, 6.45) is 10.7. The van der Waals surface area contributed by atoms with Crippen LogP contribution in [0.15, 0.2) is 17.2 Å². The second-order valence-corrected chi connectivity index (χ2v) is 5.65. The van der Waals surface area contributed by atoms with Crippen molar-refractivity contribution in [2.24, 2.45) is 5.92 Å². The molecule has 0 bridgehead atoms. The molecule has 1 atom stereocenters. The van der Waals surface area contributed by atoms with Crippen LogP contribution in [0.3, 0.4) is 0 Å². The lowest BCUT2D eigenvalue weighted by Crippen LogP contribution is -2.28. The summed E-state index contributed by atoms with van der Waals surface area (Å²) >= 11 is 0. The standard InChI is InChI=1S/C14H21N3O/c1-2-11(9-10-3-4-10)16-13-14(18)17(8-7-15-13)12-5-6-12/h7-8,10-12H,2-6,9H2,1H3,(H,15,16). The third-order valence-corrected chi connectivity index (χ3v) is 3.96. The Bertz CT molecular complexity index is 474. The predicted octanol–water partition coefficient (Wildman–Crippen LogP) is 2.57. The van der Waals surface area contributed by atoms with Crippen LogP contribution in [-0.4, -0.2) is 15.6 Å². The maximum absolute atomic E-state index is 12.2. The Hall–Kier alpha value is -1.32. The Labute approximate surface area is 107 Å². The molecule has 0 spiro atoms. The second kappa shape index (κ2) is 4.75. The van der Waals surface area contributed by atoms with Gasteiger partial charge in [-0.2, -0.15) is 0 Å². The molecule has 0 saturated heterocycles. The summed E-state index contributed by atoms with van der Waals surface area (Å²) in [5.41, 5.74) is 0.0502. The molecular weight excluding hydrogens is 226 g/mol. The lowest BCUT2D eigenvalue weighted by molar-refractivity contribution is 0.581. The van der Waals surface area contributed by atoms with Crippen molar-refractivity contribution in [2.75, 3.05) is 5.32 Å². The van der Waals surface area contributed by atoms with Gasteiger partial charge in [-0.25, -0.2) is 4.98 Å². The molecule has 3 rings (SSSR count). The quantitative estimate of drug-likeness (QED) is 0.840. The van der Waals surface area contributed by atoms with Crippen LogP contribution in [0, 0.1) is 5.92 Å². The summed E-state index contributed by atoms with van der Waals surface area (Å²) in [7, 11) is 0. The van der Waals surface area contributed by atoms with Crippen molar-refractivity contribution in [3.05, 3.63) is 22.7 Å². The molecule has 18 heavy (non-hydrogen) atoms. The Morgan fingerprint density at radius 3 is 2.83 bits per heavy atom. The Kier molecular flexibility index (Phi) is 3.10. The number of nitrogens with one attached hydrogen (secondary N) is 1. The van der Waals surface area contributed by atoms with E-state index < -0.39 is 0 Å². The molecule has 0 aliphatic heterocycles. The molecule has 2 aliphatic carbocycles. The highest BCUT2D eigenvalue weighted by atomic mass is 16.1. The van der Waals surface area contributed by atoms with Crippen LogP contribution in [0.1, 0.15) is 51.5 Å². The molecule has 2 saturated carbocycles. The molecule has 2 aliphatic rings. The predicted molar refractivity (Wildman–Crippen MR) is 71.8 cm³/mol. The van der Waals surface area contributed by atoms with Crippen LogP contribution in [0.4, 0.5) is 5.82 Å². The first-order chi connectivity index (χ1) is 8.78.